The van der Waals surface area contributed by atoms with Crippen LogP contribution in [0.15, 0.2) is 24.3 Å². The average molecular weight is 290 g/mol. The monoisotopic (exact) mass is 290 g/mol. The molecule has 1 aromatic carbocycles. The molecule has 1 fully saturated rings. The van der Waals surface area contributed by atoms with Crippen molar-refractivity contribution in [2.45, 2.75) is 45.3 Å². The van der Waals surface area contributed by atoms with Crippen molar-refractivity contribution in [3.63, 3.8) is 0 Å². The molecule has 1 aromatic rings. The predicted octanol–water partition coefficient (Wildman–Crippen LogP) is 3.15. The van der Waals surface area contributed by atoms with E-state index in [0.717, 1.165) is 24.1 Å². The highest BCUT2D eigenvalue weighted by molar-refractivity contribution is 5.28. The number of ether oxygens (including phenoxy) is 1. The van der Waals surface area contributed by atoms with Gasteiger partial charge >= 0.3 is 0 Å². The SMILES string of the molecule is CNC1CC(C)CC(C)C1N(C)Cc1cccc(OC)c1. The van der Waals surface area contributed by atoms with Gasteiger partial charge in [-0.2, -0.15) is 0 Å². The second-order valence-corrected chi connectivity index (χ2v) is 6.71. The Balaban J connectivity index is 2.08. The van der Waals surface area contributed by atoms with Crippen molar-refractivity contribution in [2.24, 2.45) is 11.8 Å². The summed E-state index contributed by atoms with van der Waals surface area (Å²) in [6.07, 6.45) is 2.60. The lowest BCUT2D eigenvalue weighted by molar-refractivity contribution is 0.0786. The molecule has 0 saturated heterocycles. The summed E-state index contributed by atoms with van der Waals surface area (Å²) in [5.74, 6) is 2.48. The molecule has 0 radical (unpaired) electrons. The third-order valence-corrected chi connectivity index (χ3v) is 4.87. The molecule has 4 atom stereocenters. The lowest BCUT2D eigenvalue weighted by atomic mass is 9.76. The van der Waals surface area contributed by atoms with Gasteiger partial charge in [0.15, 0.2) is 0 Å². The van der Waals surface area contributed by atoms with Gasteiger partial charge in [0, 0.05) is 18.6 Å². The zero-order chi connectivity index (χ0) is 15.4. The molecule has 21 heavy (non-hydrogen) atoms. The minimum atomic E-state index is 0.583. The van der Waals surface area contributed by atoms with Gasteiger partial charge in [-0.3, -0.25) is 4.90 Å². The Bertz CT molecular complexity index is 449. The van der Waals surface area contributed by atoms with E-state index in [2.05, 4.69) is 56.4 Å². The first-order valence-corrected chi connectivity index (χ1v) is 8.05. The van der Waals surface area contributed by atoms with Crippen LogP contribution in [0.4, 0.5) is 0 Å². The molecule has 2 rings (SSSR count). The number of nitrogens with zero attached hydrogens (tertiary/aromatic N) is 1. The van der Waals surface area contributed by atoms with E-state index in [4.69, 9.17) is 4.74 Å². The smallest absolute Gasteiger partial charge is 0.119 e. The number of methoxy groups -OCH3 is 1. The molecule has 0 spiro atoms. The van der Waals surface area contributed by atoms with Crippen LogP contribution in [0.5, 0.6) is 5.75 Å². The van der Waals surface area contributed by atoms with Crippen LogP contribution in [0.3, 0.4) is 0 Å². The minimum absolute atomic E-state index is 0.583. The van der Waals surface area contributed by atoms with Crippen LogP contribution < -0.4 is 10.1 Å². The van der Waals surface area contributed by atoms with E-state index in [0.29, 0.717) is 12.1 Å². The van der Waals surface area contributed by atoms with Crippen molar-refractivity contribution in [1.82, 2.24) is 10.2 Å². The molecule has 0 heterocycles. The van der Waals surface area contributed by atoms with Gasteiger partial charge in [-0.15, -0.1) is 0 Å². The summed E-state index contributed by atoms with van der Waals surface area (Å²) < 4.78 is 5.33. The van der Waals surface area contributed by atoms with Crippen LogP contribution >= 0.6 is 0 Å². The molecule has 0 amide bonds. The maximum absolute atomic E-state index is 5.33. The first kappa shape index (κ1) is 16.3. The molecular formula is C18H30N2O. The van der Waals surface area contributed by atoms with Gasteiger partial charge in [-0.25, -0.2) is 0 Å². The third-order valence-electron chi connectivity index (χ3n) is 4.87. The largest absolute Gasteiger partial charge is 0.497 e. The van der Waals surface area contributed by atoms with Gasteiger partial charge in [-0.1, -0.05) is 26.0 Å². The van der Waals surface area contributed by atoms with Crippen LogP contribution in [0.1, 0.15) is 32.3 Å². The van der Waals surface area contributed by atoms with Gasteiger partial charge in [0.2, 0.25) is 0 Å². The van der Waals surface area contributed by atoms with Crippen molar-refractivity contribution >= 4 is 0 Å². The molecular weight excluding hydrogens is 260 g/mol. The lowest BCUT2D eigenvalue weighted by Crippen LogP contribution is -2.54. The normalized spacial score (nSPS) is 29.6. The standard InChI is InChI=1S/C18H30N2O/c1-13-9-14(2)18(17(10-13)19-3)20(4)12-15-7-6-8-16(11-15)21-5/h6-8,11,13-14,17-19H,9-10,12H2,1-5H3. The number of rotatable bonds is 5. The Morgan fingerprint density at radius 1 is 1.29 bits per heavy atom. The summed E-state index contributed by atoms with van der Waals surface area (Å²) in [6.45, 7) is 5.74. The van der Waals surface area contributed by atoms with E-state index < -0.39 is 0 Å². The zero-order valence-corrected chi connectivity index (χ0v) is 14.1. The number of benzene rings is 1. The highest BCUT2D eigenvalue weighted by atomic mass is 16.5. The fraction of sp³-hybridized carbons (Fsp3) is 0.667. The van der Waals surface area contributed by atoms with Crippen LogP contribution in [-0.4, -0.2) is 38.2 Å². The number of nitrogens with one attached hydrogen (secondary N) is 1. The molecule has 3 heteroatoms. The second kappa shape index (κ2) is 7.28. The molecule has 1 N–H and O–H groups in total. The van der Waals surface area contributed by atoms with Gasteiger partial charge < -0.3 is 10.1 Å². The quantitative estimate of drug-likeness (QED) is 0.901. The van der Waals surface area contributed by atoms with Crippen molar-refractivity contribution in [2.75, 3.05) is 21.2 Å². The number of hydrogen-bond donors (Lipinski definition) is 1. The fourth-order valence-electron chi connectivity index (χ4n) is 4.03. The summed E-state index contributed by atoms with van der Waals surface area (Å²) >= 11 is 0. The van der Waals surface area contributed by atoms with Gasteiger partial charge in [0.1, 0.15) is 5.75 Å². The van der Waals surface area contributed by atoms with E-state index in [9.17, 15) is 0 Å². The summed E-state index contributed by atoms with van der Waals surface area (Å²) in [6, 6.07) is 9.58. The summed E-state index contributed by atoms with van der Waals surface area (Å²) in [5, 5.41) is 3.54. The van der Waals surface area contributed by atoms with Gasteiger partial charge in [0.05, 0.1) is 7.11 Å². The molecule has 118 valence electrons. The summed E-state index contributed by atoms with van der Waals surface area (Å²) in [7, 11) is 6.08. The van der Waals surface area contributed by atoms with Crippen molar-refractivity contribution < 1.29 is 4.74 Å². The maximum Gasteiger partial charge on any atom is 0.119 e. The van der Waals surface area contributed by atoms with E-state index in [1.54, 1.807) is 7.11 Å². The minimum Gasteiger partial charge on any atom is -0.497 e. The molecule has 0 bridgehead atoms. The van der Waals surface area contributed by atoms with Crippen LogP contribution in [0.2, 0.25) is 0 Å². The molecule has 3 nitrogen and oxygen atoms in total. The Kier molecular flexibility index (Phi) is 5.65. The topological polar surface area (TPSA) is 24.5 Å². The molecule has 4 unspecified atom stereocenters. The lowest BCUT2D eigenvalue weighted by Gasteiger charge is -2.44. The van der Waals surface area contributed by atoms with Crippen LogP contribution in [0, 0.1) is 11.8 Å². The van der Waals surface area contributed by atoms with E-state index >= 15 is 0 Å². The number of hydrogen-bond acceptors (Lipinski definition) is 3. The molecule has 1 saturated carbocycles. The third kappa shape index (κ3) is 3.98. The van der Waals surface area contributed by atoms with Crippen molar-refractivity contribution in [3.05, 3.63) is 29.8 Å². The first-order chi connectivity index (χ1) is 10.0. The predicted molar refractivity (Wildman–Crippen MR) is 88.7 cm³/mol. The molecule has 1 aliphatic rings. The van der Waals surface area contributed by atoms with E-state index in [1.165, 1.54) is 18.4 Å². The molecule has 0 aliphatic heterocycles. The Labute approximate surface area is 129 Å². The van der Waals surface area contributed by atoms with Crippen LogP contribution in [-0.2, 0) is 6.54 Å². The molecule has 1 aliphatic carbocycles. The second-order valence-electron chi connectivity index (χ2n) is 6.71. The maximum atomic E-state index is 5.33. The van der Waals surface area contributed by atoms with Crippen LogP contribution in [0.25, 0.3) is 0 Å². The highest BCUT2D eigenvalue weighted by Crippen LogP contribution is 2.32. The first-order valence-electron chi connectivity index (χ1n) is 8.05. The van der Waals surface area contributed by atoms with Crippen molar-refractivity contribution in [1.29, 1.82) is 0 Å². The zero-order valence-electron chi connectivity index (χ0n) is 14.1. The highest BCUT2D eigenvalue weighted by Gasteiger charge is 2.35. The molecule has 0 aromatic heterocycles. The van der Waals surface area contributed by atoms with Gasteiger partial charge in [-0.05, 0) is 56.5 Å². The van der Waals surface area contributed by atoms with E-state index in [-0.39, 0.29) is 0 Å². The fourth-order valence-corrected chi connectivity index (χ4v) is 4.03. The average Bonchev–Trinajstić information content (AvgIpc) is 2.46. The van der Waals surface area contributed by atoms with Gasteiger partial charge in [0.25, 0.3) is 0 Å². The summed E-state index contributed by atoms with van der Waals surface area (Å²) in [4.78, 5) is 2.51. The Morgan fingerprint density at radius 3 is 2.71 bits per heavy atom. The van der Waals surface area contributed by atoms with E-state index in [1.807, 2.05) is 6.07 Å². The Morgan fingerprint density at radius 2 is 2.05 bits per heavy atom. The summed E-state index contributed by atoms with van der Waals surface area (Å²) in [5.41, 5.74) is 1.32. The number of likely N-dealkylation sites (N-methyl/N-ethyl adjacent to an activating group) is 2. The Hall–Kier alpha value is -1.06. The van der Waals surface area contributed by atoms with Crippen molar-refractivity contribution in [3.8, 4) is 5.75 Å².